The highest BCUT2D eigenvalue weighted by Gasteiger charge is 2.37. The molecule has 21 heavy (non-hydrogen) atoms. The lowest BCUT2D eigenvalue weighted by molar-refractivity contribution is -0.132. The maximum Gasteiger partial charge on any atom is 0.231 e. The van der Waals surface area contributed by atoms with Crippen LogP contribution in [0.3, 0.4) is 0 Å². The minimum Gasteiger partial charge on any atom is -0.342 e. The second-order valence-corrected chi connectivity index (χ2v) is 6.35. The molecule has 2 aliphatic rings. The van der Waals surface area contributed by atoms with E-state index in [2.05, 4.69) is 10.1 Å². The van der Waals surface area contributed by atoms with Gasteiger partial charge >= 0.3 is 0 Å². The van der Waals surface area contributed by atoms with Crippen LogP contribution in [-0.2, 0) is 10.3 Å². The molecule has 1 aromatic rings. The van der Waals surface area contributed by atoms with Crippen molar-refractivity contribution in [2.45, 2.75) is 63.3 Å². The van der Waals surface area contributed by atoms with Gasteiger partial charge in [0.15, 0.2) is 5.82 Å². The van der Waals surface area contributed by atoms with Crippen LogP contribution in [0.1, 0.15) is 69.5 Å². The van der Waals surface area contributed by atoms with E-state index >= 15 is 0 Å². The summed E-state index contributed by atoms with van der Waals surface area (Å²) in [5, 5.41) is 4.12. The highest BCUT2D eigenvalue weighted by atomic mass is 16.5. The predicted molar refractivity (Wildman–Crippen MR) is 77.5 cm³/mol. The van der Waals surface area contributed by atoms with Gasteiger partial charge in [0.1, 0.15) is 0 Å². The van der Waals surface area contributed by atoms with Crippen LogP contribution < -0.4 is 5.73 Å². The van der Waals surface area contributed by atoms with E-state index in [1.165, 1.54) is 0 Å². The molecule has 0 bridgehead atoms. The fourth-order valence-electron chi connectivity index (χ4n) is 3.46. The van der Waals surface area contributed by atoms with E-state index in [0.717, 1.165) is 45.1 Å². The van der Waals surface area contributed by atoms with Crippen LogP contribution in [-0.4, -0.2) is 34.0 Å². The summed E-state index contributed by atoms with van der Waals surface area (Å²) >= 11 is 0. The Morgan fingerprint density at radius 1 is 1.43 bits per heavy atom. The summed E-state index contributed by atoms with van der Waals surface area (Å²) in [7, 11) is 0. The van der Waals surface area contributed by atoms with Gasteiger partial charge in [0.05, 0.1) is 11.5 Å². The first-order valence-corrected chi connectivity index (χ1v) is 8.03. The van der Waals surface area contributed by atoms with E-state index in [9.17, 15) is 4.79 Å². The van der Waals surface area contributed by atoms with Crippen LogP contribution in [0, 0.1) is 0 Å². The number of amides is 1. The largest absolute Gasteiger partial charge is 0.342 e. The average Bonchev–Trinajstić information content (AvgIpc) is 3.16. The summed E-state index contributed by atoms with van der Waals surface area (Å²) in [4.78, 5) is 18.3. The molecule has 116 valence electrons. The normalized spacial score (nSPS) is 25.2. The van der Waals surface area contributed by atoms with Crippen LogP contribution in [0.15, 0.2) is 4.52 Å². The Morgan fingerprint density at radius 2 is 2.19 bits per heavy atom. The molecule has 0 radical (unpaired) electrons. The van der Waals surface area contributed by atoms with E-state index in [1.54, 1.807) is 0 Å². The molecule has 1 saturated carbocycles. The third-order valence-electron chi connectivity index (χ3n) is 4.81. The topological polar surface area (TPSA) is 85.2 Å². The monoisotopic (exact) mass is 292 g/mol. The molecule has 1 unspecified atom stereocenters. The van der Waals surface area contributed by atoms with Crippen LogP contribution in [0.25, 0.3) is 0 Å². The fourth-order valence-corrected chi connectivity index (χ4v) is 3.46. The number of carbonyl (C=O) groups is 1. The Labute approximate surface area is 125 Å². The molecule has 1 amide bonds. The molecule has 2 heterocycles. The number of carbonyl (C=O) groups excluding carboxylic acids is 1. The van der Waals surface area contributed by atoms with Crippen molar-refractivity contribution in [1.82, 2.24) is 15.0 Å². The maximum absolute atomic E-state index is 11.8. The van der Waals surface area contributed by atoms with Crippen molar-refractivity contribution in [3.8, 4) is 0 Å². The van der Waals surface area contributed by atoms with Crippen LogP contribution in [0.5, 0.6) is 0 Å². The number of hydrogen-bond donors (Lipinski definition) is 1. The third-order valence-corrected chi connectivity index (χ3v) is 4.81. The van der Waals surface area contributed by atoms with Crippen molar-refractivity contribution in [2.24, 2.45) is 5.73 Å². The Morgan fingerprint density at radius 3 is 2.90 bits per heavy atom. The molecule has 1 aromatic heterocycles. The quantitative estimate of drug-likeness (QED) is 0.919. The molecule has 1 aliphatic heterocycles. The standard InChI is InChI=1S/C15H24N4O2/c1-2-12(20)19-9-5-6-11(10-19)13-17-14(18-21-13)15(16)7-3-4-8-15/h11H,2-10,16H2,1H3. The van der Waals surface area contributed by atoms with Gasteiger partial charge in [-0.3, -0.25) is 4.79 Å². The minimum absolute atomic E-state index is 0.153. The summed E-state index contributed by atoms with van der Waals surface area (Å²) in [6.45, 7) is 3.42. The van der Waals surface area contributed by atoms with Crippen LogP contribution in [0.2, 0.25) is 0 Å². The number of likely N-dealkylation sites (tertiary alicyclic amines) is 1. The van der Waals surface area contributed by atoms with Crippen molar-refractivity contribution in [3.05, 3.63) is 11.7 Å². The number of aromatic nitrogens is 2. The van der Waals surface area contributed by atoms with Gasteiger partial charge in [-0.2, -0.15) is 4.98 Å². The lowest BCUT2D eigenvalue weighted by Gasteiger charge is -2.30. The van der Waals surface area contributed by atoms with Crippen LogP contribution >= 0.6 is 0 Å². The Balaban J connectivity index is 1.72. The van der Waals surface area contributed by atoms with Crippen molar-refractivity contribution in [3.63, 3.8) is 0 Å². The first kappa shape index (κ1) is 14.5. The smallest absolute Gasteiger partial charge is 0.231 e. The average molecular weight is 292 g/mol. The number of nitrogens with zero attached hydrogens (tertiary/aromatic N) is 3. The van der Waals surface area contributed by atoms with Crippen molar-refractivity contribution < 1.29 is 9.32 Å². The first-order valence-electron chi connectivity index (χ1n) is 8.03. The first-order chi connectivity index (χ1) is 10.1. The zero-order valence-corrected chi connectivity index (χ0v) is 12.7. The van der Waals surface area contributed by atoms with E-state index < -0.39 is 5.54 Å². The molecule has 0 spiro atoms. The summed E-state index contributed by atoms with van der Waals surface area (Å²) in [5.41, 5.74) is 5.96. The lowest BCUT2D eigenvalue weighted by Crippen LogP contribution is -2.39. The molecule has 3 rings (SSSR count). The molecular weight excluding hydrogens is 268 g/mol. The van der Waals surface area contributed by atoms with Crippen molar-refractivity contribution in [2.75, 3.05) is 13.1 Å². The van der Waals surface area contributed by atoms with Gasteiger partial charge in [-0.25, -0.2) is 0 Å². The van der Waals surface area contributed by atoms with Gasteiger partial charge in [0.25, 0.3) is 0 Å². The van der Waals surface area contributed by atoms with Gasteiger partial charge in [-0.1, -0.05) is 24.9 Å². The second kappa shape index (κ2) is 5.75. The van der Waals surface area contributed by atoms with E-state index in [4.69, 9.17) is 10.3 Å². The molecule has 6 nitrogen and oxygen atoms in total. The number of nitrogens with two attached hydrogens (primary N) is 1. The maximum atomic E-state index is 11.8. The highest BCUT2D eigenvalue weighted by Crippen LogP contribution is 2.35. The molecular formula is C15H24N4O2. The van der Waals surface area contributed by atoms with E-state index in [0.29, 0.717) is 24.7 Å². The van der Waals surface area contributed by atoms with Gasteiger partial charge in [-0.05, 0) is 25.7 Å². The lowest BCUT2D eigenvalue weighted by atomic mass is 9.96. The highest BCUT2D eigenvalue weighted by molar-refractivity contribution is 5.75. The third kappa shape index (κ3) is 2.81. The molecule has 1 aliphatic carbocycles. The molecule has 1 atom stereocenters. The van der Waals surface area contributed by atoms with E-state index in [1.807, 2.05) is 11.8 Å². The van der Waals surface area contributed by atoms with Gasteiger partial charge in [0, 0.05) is 19.5 Å². The molecule has 1 saturated heterocycles. The summed E-state index contributed by atoms with van der Waals surface area (Å²) < 4.78 is 5.46. The number of hydrogen-bond acceptors (Lipinski definition) is 5. The summed E-state index contributed by atoms with van der Waals surface area (Å²) in [6.07, 6.45) is 6.64. The number of piperidine rings is 1. The van der Waals surface area contributed by atoms with Gasteiger partial charge < -0.3 is 15.2 Å². The van der Waals surface area contributed by atoms with Crippen molar-refractivity contribution in [1.29, 1.82) is 0 Å². The predicted octanol–water partition coefficient (Wildman–Crippen LogP) is 1.91. The molecule has 2 N–H and O–H groups in total. The van der Waals surface area contributed by atoms with Gasteiger partial charge in [0.2, 0.25) is 11.8 Å². The van der Waals surface area contributed by atoms with E-state index in [-0.39, 0.29) is 11.8 Å². The molecule has 0 aromatic carbocycles. The summed E-state index contributed by atoms with van der Waals surface area (Å²) in [5.74, 6) is 1.65. The zero-order chi connectivity index (χ0) is 14.9. The fraction of sp³-hybridized carbons (Fsp3) is 0.800. The Bertz CT molecular complexity index is 508. The van der Waals surface area contributed by atoms with Crippen LogP contribution in [0.4, 0.5) is 0 Å². The summed E-state index contributed by atoms with van der Waals surface area (Å²) in [6, 6.07) is 0. The SMILES string of the molecule is CCC(=O)N1CCCC(c2nc(C3(N)CCCC3)no2)C1. The molecule has 6 heteroatoms. The number of rotatable bonds is 3. The second-order valence-electron chi connectivity index (χ2n) is 6.35. The minimum atomic E-state index is -0.407. The Kier molecular flexibility index (Phi) is 3.97. The van der Waals surface area contributed by atoms with Gasteiger partial charge in [-0.15, -0.1) is 0 Å². The molecule has 2 fully saturated rings. The van der Waals surface area contributed by atoms with Crippen molar-refractivity contribution >= 4 is 5.91 Å². The zero-order valence-electron chi connectivity index (χ0n) is 12.7. The Hall–Kier alpha value is -1.43.